The van der Waals surface area contributed by atoms with Gasteiger partial charge in [-0.1, -0.05) is 99.2 Å². The van der Waals surface area contributed by atoms with Gasteiger partial charge in [-0.3, -0.25) is 9.36 Å². The van der Waals surface area contributed by atoms with Crippen LogP contribution in [0, 0.1) is 13.8 Å². The molecule has 1 aliphatic rings. The third-order valence-corrected chi connectivity index (χ3v) is 13.6. The van der Waals surface area contributed by atoms with Gasteiger partial charge >= 0.3 is 7.60 Å². The Kier molecular flexibility index (Phi) is 11.6. The van der Waals surface area contributed by atoms with Gasteiger partial charge in [-0.15, -0.1) is 0 Å². The fourth-order valence-electron chi connectivity index (χ4n) is 5.19. The van der Waals surface area contributed by atoms with Gasteiger partial charge in [0.25, 0.3) is 0 Å². The first kappa shape index (κ1) is 35.9. The highest BCUT2D eigenvalue weighted by molar-refractivity contribution is 7.96. The number of aryl methyl sites for hydroxylation is 2. The molecule has 0 heterocycles. The second-order valence-corrected chi connectivity index (χ2v) is 17.3. The predicted molar refractivity (Wildman–Crippen MR) is 179 cm³/mol. The van der Waals surface area contributed by atoms with Crippen LogP contribution in [0.15, 0.2) is 93.6 Å². The summed E-state index contributed by atoms with van der Waals surface area (Å²) in [7, 11) is -13.7. The van der Waals surface area contributed by atoms with Crippen LogP contribution in [0.1, 0.15) is 79.4 Å². The molecule has 1 unspecified atom stereocenters. The van der Waals surface area contributed by atoms with Crippen molar-refractivity contribution < 1.29 is 35.2 Å². The van der Waals surface area contributed by atoms with Crippen LogP contribution in [0.25, 0.3) is 0 Å². The van der Waals surface area contributed by atoms with Gasteiger partial charge in [0.2, 0.25) is 25.6 Å². The molecule has 9 nitrogen and oxygen atoms in total. The van der Waals surface area contributed by atoms with E-state index in [2.05, 4.69) is 4.72 Å². The van der Waals surface area contributed by atoms with Crippen LogP contribution in [0.3, 0.4) is 0 Å². The number of hydrogen-bond donors (Lipinski definition) is 1. The summed E-state index contributed by atoms with van der Waals surface area (Å²) < 4.78 is 86.8. The van der Waals surface area contributed by atoms with Gasteiger partial charge in [0.05, 0.1) is 23.0 Å². The van der Waals surface area contributed by atoms with Gasteiger partial charge < -0.3 is 9.05 Å². The van der Waals surface area contributed by atoms with E-state index in [0.29, 0.717) is 12.8 Å². The Morgan fingerprint density at radius 1 is 0.717 bits per heavy atom. The number of rotatable bonds is 16. The quantitative estimate of drug-likeness (QED) is 0.120. The Morgan fingerprint density at radius 3 is 1.74 bits per heavy atom. The molecule has 46 heavy (non-hydrogen) atoms. The number of nitrogens with one attached hydrogen (secondary N) is 1. The summed E-state index contributed by atoms with van der Waals surface area (Å²) >= 11 is 0. The number of sulfone groups is 1. The molecule has 4 rings (SSSR count). The number of hydrogen-bond acceptors (Lipinski definition) is 8. The molecular formula is C34H42NO8PS2. The van der Waals surface area contributed by atoms with Gasteiger partial charge in [-0.05, 0) is 57.0 Å². The van der Waals surface area contributed by atoms with E-state index in [-0.39, 0.29) is 34.1 Å². The zero-order valence-corrected chi connectivity index (χ0v) is 29.2. The molecule has 0 bridgehead atoms. The summed E-state index contributed by atoms with van der Waals surface area (Å²) in [6, 6.07) is 17.9. The highest BCUT2D eigenvalue weighted by Crippen LogP contribution is 2.67. The smallest absolute Gasteiger partial charge is 0.307 e. The second kappa shape index (κ2) is 14.9. The molecule has 0 aliphatic heterocycles. The lowest BCUT2D eigenvalue weighted by Crippen LogP contribution is -2.48. The highest BCUT2D eigenvalue weighted by Gasteiger charge is 2.58. The van der Waals surface area contributed by atoms with E-state index in [9.17, 15) is 21.6 Å². The summed E-state index contributed by atoms with van der Waals surface area (Å²) in [6.07, 6.45) is 5.11. The molecule has 0 radical (unpaired) electrons. The Morgan fingerprint density at radius 2 is 1.22 bits per heavy atom. The number of sulfonamides is 1. The minimum absolute atomic E-state index is 0.0205. The maximum absolute atomic E-state index is 15.4. The maximum Gasteiger partial charge on any atom is 0.360 e. The van der Waals surface area contributed by atoms with Gasteiger partial charge in [-0.25, -0.2) is 16.8 Å². The summed E-state index contributed by atoms with van der Waals surface area (Å²) in [4.78, 5) is 13.0. The molecule has 0 saturated carbocycles. The van der Waals surface area contributed by atoms with Gasteiger partial charge in [0.15, 0.2) is 5.28 Å². The van der Waals surface area contributed by atoms with Crippen LogP contribution < -0.4 is 4.72 Å². The third kappa shape index (κ3) is 7.46. The molecule has 0 fully saturated rings. The van der Waals surface area contributed by atoms with Crippen molar-refractivity contribution in [1.29, 1.82) is 0 Å². The Labute approximate surface area is 272 Å². The van der Waals surface area contributed by atoms with Crippen LogP contribution in [-0.2, 0) is 38.8 Å². The lowest BCUT2D eigenvalue weighted by molar-refractivity contribution is 0.103. The monoisotopic (exact) mass is 687 g/mol. The largest absolute Gasteiger partial charge is 0.360 e. The first-order chi connectivity index (χ1) is 21.8. The van der Waals surface area contributed by atoms with E-state index in [1.165, 1.54) is 42.5 Å². The fourth-order valence-corrected chi connectivity index (χ4v) is 10.7. The van der Waals surface area contributed by atoms with Crippen molar-refractivity contribution in [2.24, 2.45) is 0 Å². The van der Waals surface area contributed by atoms with Crippen molar-refractivity contribution >= 4 is 33.2 Å². The molecule has 0 amide bonds. The number of benzene rings is 3. The number of unbranched alkanes of at least 4 members (excludes halogenated alkanes) is 4. The van der Waals surface area contributed by atoms with Crippen LogP contribution in [0.2, 0.25) is 0 Å². The van der Waals surface area contributed by atoms with Crippen molar-refractivity contribution in [3.05, 3.63) is 106 Å². The van der Waals surface area contributed by atoms with Crippen molar-refractivity contribution in [3.8, 4) is 0 Å². The summed E-state index contributed by atoms with van der Waals surface area (Å²) in [6.45, 7) is 7.50. The highest BCUT2D eigenvalue weighted by atomic mass is 32.2. The first-order valence-corrected chi connectivity index (χ1v) is 20.0. The van der Waals surface area contributed by atoms with Crippen molar-refractivity contribution in [2.45, 2.75) is 81.3 Å². The SMILES string of the molecule is CCCCCOP(=O)(OCCCCC)C1(NS(=O)(=O)c2ccc(C)cc2)C=C(S(=O)(=O)c2ccc(C)cc2)C(=O)c2ccccc21. The molecule has 0 spiro atoms. The Balaban J connectivity index is 2.05. The van der Waals surface area contributed by atoms with Crippen molar-refractivity contribution in [1.82, 2.24) is 4.72 Å². The maximum atomic E-state index is 15.4. The molecule has 12 heteroatoms. The minimum Gasteiger partial charge on any atom is -0.307 e. The molecule has 248 valence electrons. The summed E-state index contributed by atoms with van der Waals surface area (Å²) in [5.41, 5.74) is 1.47. The first-order valence-electron chi connectivity index (χ1n) is 15.5. The van der Waals surface area contributed by atoms with Crippen molar-refractivity contribution in [3.63, 3.8) is 0 Å². The molecule has 0 saturated heterocycles. The van der Waals surface area contributed by atoms with Crippen LogP contribution >= 0.6 is 7.60 Å². The zero-order chi connectivity index (χ0) is 33.6. The molecule has 3 aromatic carbocycles. The number of carbonyl (C=O) groups excluding carboxylic acids is 1. The summed E-state index contributed by atoms with van der Waals surface area (Å²) in [5.74, 6) is -0.857. The molecule has 1 aliphatic carbocycles. The van der Waals surface area contributed by atoms with E-state index < -0.39 is 43.4 Å². The van der Waals surface area contributed by atoms with Crippen LogP contribution in [-0.4, -0.2) is 35.8 Å². The average molecular weight is 688 g/mol. The Bertz CT molecular complexity index is 1820. The van der Waals surface area contributed by atoms with Gasteiger partial charge in [-0.2, -0.15) is 4.72 Å². The normalized spacial score (nSPS) is 17.0. The van der Waals surface area contributed by atoms with Gasteiger partial charge in [0.1, 0.15) is 4.91 Å². The van der Waals surface area contributed by atoms with E-state index in [4.69, 9.17) is 9.05 Å². The number of ketones is 1. The van der Waals surface area contributed by atoms with Gasteiger partial charge in [0, 0.05) is 11.1 Å². The average Bonchev–Trinajstić information content (AvgIpc) is 3.03. The molecule has 1 N–H and O–H groups in total. The molecule has 0 aromatic heterocycles. The second-order valence-electron chi connectivity index (χ2n) is 11.5. The molecule has 3 aromatic rings. The zero-order valence-electron chi connectivity index (χ0n) is 26.7. The lowest BCUT2D eigenvalue weighted by atomic mass is 9.92. The van der Waals surface area contributed by atoms with E-state index in [1.54, 1.807) is 37.3 Å². The molecular weight excluding hydrogens is 645 g/mol. The number of carbonyl (C=O) groups is 1. The fraction of sp³-hybridized carbons (Fsp3) is 0.382. The van der Waals surface area contributed by atoms with Crippen molar-refractivity contribution in [2.75, 3.05) is 13.2 Å². The lowest BCUT2D eigenvalue weighted by Gasteiger charge is -2.41. The number of allylic oxidation sites excluding steroid dienone is 1. The Hall–Kier alpha value is -2.92. The van der Waals surface area contributed by atoms with Crippen LogP contribution in [0.5, 0.6) is 0 Å². The van der Waals surface area contributed by atoms with E-state index in [1.807, 2.05) is 20.8 Å². The van der Waals surface area contributed by atoms with E-state index >= 15 is 4.57 Å². The topological polar surface area (TPSA) is 133 Å². The molecule has 1 atom stereocenters. The third-order valence-electron chi connectivity index (χ3n) is 7.84. The standard InChI is InChI=1S/C34H42NO8PS2/c1-5-7-11-23-42-44(37,43-24-12-8-6-2)34(35-46(40,41)29-21-17-27(4)18-22-29)25-32(33(36)30-13-9-10-14-31(30)34)45(38,39)28-19-15-26(3)16-20-28/h9-10,13-22,25,35H,5-8,11-12,23-24H2,1-4H3. The van der Waals surface area contributed by atoms with Crippen LogP contribution in [0.4, 0.5) is 0 Å². The summed E-state index contributed by atoms with van der Waals surface area (Å²) in [5, 5.41) is -2.41. The number of Topliss-reactive ketones (excluding diaryl/α,β-unsaturated/α-hetero) is 1. The van der Waals surface area contributed by atoms with E-state index in [0.717, 1.165) is 42.9 Å². The minimum atomic E-state index is -4.68. The predicted octanol–water partition coefficient (Wildman–Crippen LogP) is 7.60. The number of fused-ring (bicyclic) bond motifs is 1.